The van der Waals surface area contributed by atoms with Gasteiger partial charge in [-0.2, -0.15) is 0 Å². The van der Waals surface area contributed by atoms with Crippen LogP contribution in [0.3, 0.4) is 0 Å². The van der Waals surface area contributed by atoms with Crippen LogP contribution in [0.1, 0.15) is 44.9 Å². The van der Waals surface area contributed by atoms with Crippen LogP contribution in [0.2, 0.25) is 0 Å². The number of nitrogens with zero attached hydrogens (tertiary/aromatic N) is 3. The zero-order valence-electron chi connectivity index (χ0n) is 13.3. The Hall–Kier alpha value is -1.30. The lowest BCUT2D eigenvalue weighted by Gasteiger charge is -2.21. The van der Waals surface area contributed by atoms with E-state index in [1.54, 1.807) is 0 Å². The van der Waals surface area contributed by atoms with Gasteiger partial charge in [-0.1, -0.05) is 49.9 Å². The maximum Gasteiger partial charge on any atom is 0.316 e. The fraction of sp³-hybridized carbons (Fsp3) is 0.688. The first-order chi connectivity index (χ1) is 10.7. The van der Waals surface area contributed by atoms with E-state index in [2.05, 4.69) is 21.3 Å². The van der Waals surface area contributed by atoms with Gasteiger partial charge in [-0.15, -0.1) is 16.8 Å². The highest BCUT2D eigenvalue weighted by Crippen LogP contribution is 2.27. The van der Waals surface area contributed by atoms with Gasteiger partial charge < -0.3 is 9.30 Å². The van der Waals surface area contributed by atoms with Gasteiger partial charge in [-0.3, -0.25) is 4.79 Å². The molecule has 5 nitrogen and oxygen atoms in total. The summed E-state index contributed by atoms with van der Waals surface area (Å²) in [6.45, 7) is 6.71. The molecule has 0 aromatic carbocycles. The van der Waals surface area contributed by atoms with Crippen LogP contribution >= 0.6 is 11.8 Å². The Bertz CT molecular complexity index is 496. The molecule has 122 valence electrons. The van der Waals surface area contributed by atoms with Gasteiger partial charge in [0.15, 0.2) is 5.16 Å². The predicted molar refractivity (Wildman–Crippen MR) is 87.9 cm³/mol. The van der Waals surface area contributed by atoms with Crippen molar-refractivity contribution in [3.05, 3.63) is 18.5 Å². The first-order valence-electron chi connectivity index (χ1n) is 8.06. The molecule has 0 bridgehead atoms. The van der Waals surface area contributed by atoms with E-state index in [-0.39, 0.29) is 11.7 Å². The van der Waals surface area contributed by atoms with Crippen molar-refractivity contribution in [1.29, 1.82) is 0 Å². The summed E-state index contributed by atoms with van der Waals surface area (Å²) in [6.07, 6.45) is 9.40. The highest BCUT2D eigenvalue weighted by atomic mass is 32.2. The van der Waals surface area contributed by atoms with E-state index in [0.717, 1.165) is 17.4 Å². The largest absolute Gasteiger partial charge is 0.465 e. The zero-order valence-corrected chi connectivity index (χ0v) is 14.1. The second-order valence-corrected chi connectivity index (χ2v) is 6.54. The van der Waals surface area contributed by atoms with E-state index in [9.17, 15) is 4.79 Å². The predicted octanol–water partition coefficient (Wildman–Crippen LogP) is 3.24. The summed E-state index contributed by atoms with van der Waals surface area (Å²) in [7, 11) is 0. The molecule has 0 amide bonds. The first kappa shape index (κ1) is 17.1. The monoisotopic (exact) mass is 323 g/mol. The van der Waals surface area contributed by atoms with E-state index in [1.165, 1.54) is 43.9 Å². The Balaban J connectivity index is 2.00. The molecular weight excluding hydrogens is 298 g/mol. The molecule has 0 N–H and O–H groups in total. The molecule has 1 aliphatic rings. The number of hydrogen-bond acceptors (Lipinski definition) is 5. The summed E-state index contributed by atoms with van der Waals surface area (Å²) < 4.78 is 7.03. The van der Waals surface area contributed by atoms with E-state index in [1.807, 2.05) is 13.0 Å². The molecule has 22 heavy (non-hydrogen) atoms. The van der Waals surface area contributed by atoms with Gasteiger partial charge in [0.05, 0.1) is 12.4 Å². The minimum absolute atomic E-state index is 0.213. The molecule has 1 aromatic rings. The van der Waals surface area contributed by atoms with Crippen molar-refractivity contribution >= 4 is 17.7 Å². The molecule has 0 saturated heterocycles. The maximum atomic E-state index is 11.5. The molecule has 1 saturated carbocycles. The summed E-state index contributed by atoms with van der Waals surface area (Å²) in [5.41, 5.74) is 0. The van der Waals surface area contributed by atoms with E-state index in [0.29, 0.717) is 19.1 Å². The first-order valence-corrected chi connectivity index (χ1v) is 9.04. The van der Waals surface area contributed by atoms with Crippen molar-refractivity contribution in [1.82, 2.24) is 14.8 Å². The van der Waals surface area contributed by atoms with Crippen LogP contribution in [0.4, 0.5) is 0 Å². The molecule has 0 aliphatic heterocycles. The average Bonchev–Trinajstić information content (AvgIpc) is 2.89. The Labute approximate surface area is 136 Å². The van der Waals surface area contributed by atoms with Gasteiger partial charge in [-0.25, -0.2) is 0 Å². The number of rotatable bonds is 8. The van der Waals surface area contributed by atoms with Gasteiger partial charge in [0.25, 0.3) is 0 Å². The maximum absolute atomic E-state index is 11.5. The molecule has 1 fully saturated rings. The Kier molecular flexibility index (Phi) is 6.96. The van der Waals surface area contributed by atoms with Crippen molar-refractivity contribution in [3.63, 3.8) is 0 Å². The quantitative estimate of drug-likeness (QED) is 0.417. The molecule has 0 radical (unpaired) electrons. The average molecular weight is 323 g/mol. The molecule has 1 aliphatic carbocycles. The summed E-state index contributed by atoms with van der Waals surface area (Å²) in [5, 5.41) is 9.37. The standard InChI is InChI=1S/C16H25N3O2S/c1-3-10-19-14(11-13-8-6-5-7-9-13)17-18-16(19)22-12-15(20)21-4-2/h3,13H,1,4-12H2,2H3. The molecule has 0 spiro atoms. The van der Waals surface area contributed by atoms with Crippen molar-refractivity contribution < 1.29 is 9.53 Å². The highest BCUT2D eigenvalue weighted by molar-refractivity contribution is 7.99. The van der Waals surface area contributed by atoms with Gasteiger partial charge in [-0.05, 0) is 12.8 Å². The third-order valence-electron chi connectivity index (χ3n) is 3.93. The lowest BCUT2D eigenvalue weighted by molar-refractivity contribution is -0.139. The lowest BCUT2D eigenvalue weighted by atomic mass is 9.87. The van der Waals surface area contributed by atoms with Gasteiger partial charge >= 0.3 is 5.97 Å². The van der Waals surface area contributed by atoms with Crippen LogP contribution < -0.4 is 0 Å². The number of carbonyl (C=O) groups excluding carboxylic acids is 1. The van der Waals surface area contributed by atoms with Crippen molar-refractivity contribution in [3.8, 4) is 0 Å². The fourth-order valence-electron chi connectivity index (χ4n) is 2.86. The Morgan fingerprint density at radius 2 is 2.18 bits per heavy atom. The second-order valence-electron chi connectivity index (χ2n) is 5.60. The third kappa shape index (κ3) is 4.87. The van der Waals surface area contributed by atoms with E-state index >= 15 is 0 Å². The number of thioether (sulfide) groups is 1. The second kappa shape index (κ2) is 8.98. The normalized spacial score (nSPS) is 15.7. The van der Waals surface area contributed by atoms with Crippen molar-refractivity contribution in [2.75, 3.05) is 12.4 Å². The van der Waals surface area contributed by atoms with Gasteiger partial charge in [0, 0.05) is 13.0 Å². The van der Waals surface area contributed by atoms with Crippen LogP contribution in [-0.2, 0) is 22.5 Å². The summed E-state index contributed by atoms with van der Waals surface area (Å²) in [4.78, 5) is 11.5. The van der Waals surface area contributed by atoms with Gasteiger partial charge in [0.2, 0.25) is 0 Å². The number of esters is 1. The van der Waals surface area contributed by atoms with Crippen molar-refractivity contribution in [2.45, 2.75) is 57.1 Å². The molecule has 1 aromatic heterocycles. The Morgan fingerprint density at radius 1 is 1.41 bits per heavy atom. The minimum Gasteiger partial charge on any atom is -0.465 e. The summed E-state index contributed by atoms with van der Waals surface area (Å²) in [6, 6.07) is 0. The van der Waals surface area contributed by atoms with Gasteiger partial charge in [0.1, 0.15) is 5.82 Å². The number of carbonyl (C=O) groups is 1. The Morgan fingerprint density at radius 3 is 2.86 bits per heavy atom. The molecule has 0 atom stereocenters. The topological polar surface area (TPSA) is 57.0 Å². The summed E-state index contributed by atoms with van der Waals surface area (Å²) in [5.74, 6) is 1.78. The van der Waals surface area contributed by atoms with E-state index < -0.39 is 0 Å². The molecule has 1 heterocycles. The number of aromatic nitrogens is 3. The van der Waals surface area contributed by atoms with Crippen LogP contribution in [-0.4, -0.2) is 33.1 Å². The highest BCUT2D eigenvalue weighted by Gasteiger charge is 2.19. The fourth-order valence-corrected chi connectivity index (χ4v) is 3.63. The third-order valence-corrected chi connectivity index (χ3v) is 4.87. The van der Waals surface area contributed by atoms with E-state index in [4.69, 9.17) is 4.74 Å². The molecule has 6 heteroatoms. The van der Waals surface area contributed by atoms with Crippen LogP contribution in [0.25, 0.3) is 0 Å². The van der Waals surface area contributed by atoms with Crippen molar-refractivity contribution in [2.24, 2.45) is 5.92 Å². The zero-order chi connectivity index (χ0) is 15.8. The molecule has 0 unspecified atom stereocenters. The van der Waals surface area contributed by atoms with Crippen LogP contribution in [0.15, 0.2) is 17.8 Å². The number of ether oxygens (including phenoxy) is 1. The minimum atomic E-state index is -0.213. The number of hydrogen-bond donors (Lipinski definition) is 0. The number of allylic oxidation sites excluding steroid dienone is 1. The van der Waals surface area contributed by atoms with Crippen LogP contribution in [0.5, 0.6) is 0 Å². The van der Waals surface area contributed by atoms with Crippen LogP contribution in [0, 0.1) is 5.92 Å². The summed E-state index contributed by atoms with van der Waals surface area (Å²) >= 11 is 1.38. The SMILES string of the molecule is C=CCn1c(CC2CCCCC2)nnc1SCC(=O)OCC. The smallest absolute Gasteiger partial charge is 0.316 e. The lowest BCUT2D eigenvalue weighted by Crippen LogP contribution is -2.14. The molecule has 2 rings (SSSR count). The molecular formula is C16H25N3O2S.